The lowest BCUT2D eigenvalue weighted by Gasteiger charge is -2.25. The summed E-state index contributed by atoms with van der Waals surface area (Å²) in [6.45, 7) is 3.60. The number of nitrogens with zero attached hydrogens (tertiary/aromatic N) is 2. The van der Waals surface area contributed by atoms with Crippen LogP contribution in [-0.4, -0.2) is 10.8 Å². The first-order chi connectivity index (χ1) is 16.9. The summed E-state index contributed by atoms with van der Waals surface area (Å²) in [7, 11) is 0. The van der Waals surface area contributed by atoms with Crippen LogP contribution in [0.4, 0.5) is 0 Å². The van der Waals surface area contributed by atoms with Gasteiger partial charge in [-0.3, -0.25) is 4.79 Å². The average molecular weight is 499 g/mol. The fourth-order valence-corrected chi connectivity index (χ4v) is 5.01. The van der Waals surface area contributed by atoms with Gasteiger partial charge in [-0.25, -0.2) is 4.98 Å². The number of hydrogen-bond acceptors (Lipinski definition) is 3. The summed E-state index contributed by atoms with van der Waals surface area (Å²) in [5.41, 5.74) is 8.29. The summed E-state index contributed by atoms with van der Waals surface area (Å²) in [6, 6.07) is 22.0. The SMILES string of the molecule is CC/C(=C(\C1=C(Cl)c2ccccc2CC1)c1ccc(/C=C/C(C)=O)cc1)c1ccc(Cl)nc1C#N. The topological polar surface area (TPSA) is 53.8 Å². The lowest BCUT2D eigenvalue weighted by Crippen LogP contribution is -2.07. The smallest absolute Gasteiger partial charge is 0.152 e. The molecule has 174 valence electrons. The molecule has 1 aromatic heterocycles. The largest absolute Gasteiger partial charge is 0.295 e. The van der Waals surface area contributed by atoms with Crippen molar-refractivity contribution in [1.29, 1.82) is 5.26 Å². The fraction of sp³-hybridized carbons (Fsp3) is 0.167. The van der Waals surface area contributed by atoms with Gasteiger partial charge in [-0.1, -0.05) is 84.7 Å². The Balaban J connectivity index is 1.98. The van der Waals surface area contributed by atoms with Gasteiger partial charge in [0, 0.05) is 5.56 Å². The predicted octanol–water partition coefficient (Wildman–Crippen LogP) is 8.13. The first-order valence-electron chi connectivity index (χ1n) is 11.5. The minimum absolute atomic E-state index is 0.00000947. The van der Waals surface area contributed by atoms with E-state index in [2.05, 4.69) is 30.1 Å². The van der Waals surface area contributed by atoms with Crippen molar-refractivity contribution in [3.8, 4) is 6.07 Å². The van der Waals surface area contributed by atoms with Crippen molar-refractivity contribution >= 4 is 51.2 Å². The van der Waals surface area contributed by atoms with Gasteiger partial charge in [-0.15, -0.1) is 0 Å². The molecule has 0 aliphatic heterocycles. The van der Waals surface area contributed by atoms with Crippen molar-refractivity contribution in [3.05, 3.63) is 111 Å². The van der Waals surface area contributed by atoms with E-state index in [1.165, 1.54) is 12.5 Å². The van der Waals surface area contributed by atoms with Crippen molar-refractivity contribution in [2.24, 2.45) is 0 Å². The predicted molar refractivity (Wildman–Crippen MR) is 145 cm³/mol. The van der Waals surface area contributed by atoms with E-state index in [1.54, 1.807) is 18.2 Å². The molecule has 0 saturated carbocycles. The van der Waals surface area contributed by atoms with Gasteiger partial charge in [-0.05, 0) is 83.4 Å². The van der Waals surface area contributed by atoms with Gasteiger partial charge in [0.25, 0.3) is 0 Å². The number of halogens is 2. The molecule has 0 amide bonds. The quantitative estimate of drug-likeness (QED) is 0.254. The lowest BCUT2D eigenvalue weighted by molar-refractivity contribution is -0.112. The maximum atomic E-state index is 11.3. The Hall–Kier alpha value is -3.45. The molecular weight excluding hydrogens is 475 g/mol. The molecule has 5 heteroatoms. The molecule has 0 spiro atoms. The van der Waals surface area contributed by atoms with E-state index >= 15 is 0 Å². The molecule has 0 radical (unpaired) electrons. The maximum Gasteiger partial charge on any atom is 0.152 e. The molecular formula is C30H24Cl2N2O. The molecule has 1 heterocycles. The van der Waals surface area contributed by atoms with Crippen molar-refractivity contribution < 1.29 is 4.79 Å². The Morgan fingerprint density at radius 1 is 1.06 bits per heavy atom. The summed E-state index contributed by atoms with van der Waals surface area (Å²) in [5, 5.41) is 10.8. The minimum Gasteiger partial charge on any atom is -0.295 e. The van der Waals surface area contributed by atoms with Crippen molar-refractivity contribution in [1.82, 2.24) is 4.98 Å². The van der Waals surface area contributed by atoms with E-state index in [0.29, 0.717) is 12.1 Å². The Morgan fingerprint density at radius 3 is 2.49 bits per heavy atom. The minimum atomic E-state index is 0.00000947. The van der Waals surface area contributed by atoms with Crippen LogP contribution in [0.5, 0.6) is 0 Å². The van der Waals surface area contributed by atoms with Crippen LogP contribution < -0.4 is 0 Å². The molecule has 4 rings (SSSR count). The van der Waals surface area contributed by atoms with Gasteiger partial charge in [-0.2, -0.15) is 5.26 Å². The number of rotatable bonds is 6. The van der Waals surface area contributed by atoms with Crippen LogP contribution >= 0.6 is 23.2 Å². The van der Waals surface area contributed by atoms with E-state index in [-0.39, 0.29) is 10.9 Å². The van der Waals surface area contributed by atoms with Crippen LogP contribution in [0.1, 0.15) is 60.2 Å². The van der Waals surface area contributed by atoms with Crippen LogP contribution in [0.15, 0.2) is 72.3 Å². The molecule has 3 nitrogen and oxygen atoms in total. The molecule has 0 atom stereocenters. The zero-order valence-electron chi connectivity index (χ0n) is 19.6. The number of carbonyl (C=O) groups is 1. The number of ketones is 1. The third-order valence-electron chi connectivity index (χ3n) is 6.12. The normalized spacial score (nSPS) is 13.9. The average Bonchev–Trinajstić information content (AvgIpc) is 2.87. The zero-order valence-corrected chi connectivity index (χ0v) is 21.1. The van der Waals surface area contributed by atoms with Crippen molar-refractivity contribution in [2.75, 3.05) is 0 Å². The summed E-state index contributed by atoms with van der Waals surface area (Å²) >= 11 is 13.2. The number of allylic oxidation sites excluding steroid dienone is 4. The second kappa shape index (κ2) is 10.9. The van der Waals surface area contributed by atoms with Gasteiger partial charge >= 0.3 is 0 Å². The van der Waals surface area contributed by atoms with Crippen LogP contribution in [0, 0.1) is 11.3 Å². The van der Waals surface area contributed by atoms with E-state index in [1.807, 2.05) is 42.5 Å². The molecule has 0 bridgehead atoms. The number of hydrogen-bond donors (Lipinski definition) is 0. The number of nitriles is 1. The third-order valence-corrected chi connectivity index (χ3v) is 6.76. The van der Waals surface area contributed by atoms with Gasteiger partial charge in [0.2, 0.25) is 0 Å². The second-order valence-corrected chi connectivity index (χ2v) is 9.13. The molecule has 0 N–H and O–H groups in total. The van der Waals surface area contributed by atoms with E-state index in [0.717, 1.165) is 56.8 Å². The highest BCUT2D eigenvalue weighted by molar-refractivity contribution is 6.50. The number of pyridine rings is 1. The molecule has 0 fully saturated rings. The summed E-state index contributed by atoms with van der Waals surface area (Å²) in [5.74, 6) is 0.00000947. The Labute approximate surface area is 216 Å². The first-order valence-corrected chi connectivity index (χ1v) is 12.2. The highest BCUT2D eigenvalue weighted by atomic mass is 35.5. The van der Waals surface area contributed by atoms with Crippen LogP contribution in [0.3, 0.4) is 0 Å². The number of aryl methyl sites for hydroxylation is 1. The van der Waals surface area contributed by atoms with Gasteiger partial charge in [0.1, 0.15) is 16.9 Å². The number of fused-ring (bicyclic) bond motifs is 1. The summed E-state index contributed by atoms with van der Waals surface area (Å²) < 4.78 is 0. The molecule has 1 aliphatic rings. The highest BCUT2D eigenvalue weighted by Crippen LogP contribution is 2.44. The maximum absolute atomic E-state index is 11.3. The molecule has 35 heavy (non-hydrogen) atoms. The van der Waals surface area contributed by atoms with Gasteiger partial charge < -0.3 is 0 Å². The second-order valence-electron chi connectivity index (χ2n) is 8.36. The number of carbonyl (C=O) groups excluding carboxylic acids is 1. The monoisotopic (exact) mass is 498 g/mol. The fourth-order valence-electron chi connectivity index (χ4n) is 4.49. The lowest BCUT2D eigenvalue weighted by atomic mass is 9.81. The van der Waals surface area contributed by atoms with Gasteiger partial charge in [0.05, 0.1) is 5.03 Å². The Bertz CT molecular complexity index is 1420. The third kappa shape index (κ3) is 5.30. The zero-order chi connectivity index (χ0) is 24.9. The first kappa shape index (κ1) is 24.7. The highest BCUT2D eigenvalue weighted by Gasteiger charge is 2.24. The summed E-state index contributed by atoms with van der Waals surface area (Å²) in [4.78, 5) is 15.6. The van der Waals surface area contributed by atoms with Crippen LogP contribution in [0.25, 0.3) is 22.3 Å². The Morgan fingerprint density at radius 2 is 1.80 bits per heavy atom. The molecule has 0 saturated heterocycles. The Kier molecular flexibility index (Phi) is 7.66. The van der Waals surface area contributed by atoms with Crippen molar-refractivity contribution in [2.45, 2.75) is 33.1 Å². The van der Waals surface area contributed by atoms with E-state index < -0.39 is 0 Å². The van der Waals surface area contributed by atoms with E-state index in [4.69, 9.17) is 23.2 Å². The molecule has 3 aromatic rings. The molecule has 0 unspecified atom stereocenters. The van der Waals surface area contributed by atoms with Crippen LogP contribution in [0.2, 0.25) is 5.15 Å². The standard InChI is InChI=1S/C30H24Cl2N2O/c1-3-23(25-16-17-28(31)34-27(25)18-33)29(22-12-10-20(11-13-22)9-8-19(2)35)26-15-14-21-6-4-5-7-24(21)30(26)32/h4-13,16-17H,3,14-15H2,1-2H3/b9-8+,29-23+. The van der Waals surface area contributed by atoms with E-state index in [9.17, 15) is 10.1 Å². The number of benzene rings is 2. The van der Waals surface area contributed by atoms with Crippen LogP contribution in [-0.2, 0) is 11.2 Å². The van der Waals surface area contributed by atoms with Gasteiger partial charge in [0.15, 0.2) is 5.78 Å². The summed E-state index contributed by atoms with van der Waals surface area (Å²) in [6.07, 6.45) is 5.69. The van der Waals surface area contributed by atoms with Crippen molar-refractivity contribution in [3.63, 3.8) is 0 Å². The molecule has 2 aromatic carbocycles. The molecule has 1 aliphatic carbocycles. The number of aromatic nitrogens is 1.